The number of aromatic nitrogens is 1. The molecule has 0 radical (unpaired) electrons. The maximum absolute atomic E-state index is 12.8. The van der Waals surface area contributed by atoms with Crippen LogP contribution in [0.3, 0.4) is 0 Å². The van der Waals surface area contributed by atoms with E-state index in [2.05, 4.69) is 35.9 Å². The van der Waals surface area contributed by atoms with Crippen LogP contribution in [-0.2, 0) is 6.54 Å². The number of nitrogens with zero attached hydrogens (tertiary/aromatic N) is 3. The number of ether oxygens (including phenoxy) is 1. The van der Waals surface area contributed by atoms with Gasteiger partial charge in [-0.15, -0.1) is 0 Å². The van der Waals surface area contributed by atoms with Crippen LogP contribution in [-0.4, -0.2) is 54.0 Å². The van der Waals surface area contributed by atoms with Crippen molar-refractivity contribution in [2.75, 3.05) is 33.3 Å². The van der Waals surface area contributed by atoms with Crippen molar-refractivity contribution in [2.24, 2.45) is 11.8 Å². The normalized spacial score (nSPS) is 15.7. The molecule has 0 aliphatic carbocycles. The van der Waals surface area contributed by atoms with E-state index in [-0.39, 0.29) is 5.91 Å². The Balaban J connectivity index is 1.55. The van der Waals surface area contributed by atoms with E-state index in [1.165, 1.54) is 18.2 Å². The Morgan fingerprint density at radius 2 is 2.07 bits per heavy atom. The smallest absolute Gasteiger partial charge is 0.291 e. The van der Waals surface area contributed by atoms with Gasteiger partial charge in [-0.05, 0) is 43.8 Å². The largest absolute Gasteiger partial charge is 0.496 e. The van der Waals surface area contributed by atoms with Crippen LogP contribution in [0.2, 0.25) is 0 Å². The van der Waals surface area contributed by atoms with Crippen molar-refractivity contribution in [1.82, 2.24) is 14.8 Å². The van der Waals surface area contributed by atoms with Crippen molar-refractivity contribution in [1.29, 1.82) is 0 Å². The number of oxazole rings is 1. The van der Waals surface area contributed by atoms with Gasteiger partial charge in [-0.1, -0.05) is 32.0 Å². The lowest BCUT2D eigenvalue weighted by molar-refractivity contribution is 0.0632. The lowest BCUT2D eigenvalue weighted by atomic mass is 9.95. The molecule has 0 atom stereocenters. The van der Waals surface area contributed by atoms with Crippen LogP contribution in [0.4, 0.5) is 0 Å². The first-order valence-electron chi connectivity index (χ1n) is 10.1. The molecule has 2 aromatic rings. The second-order valence-corrected chi connectivity index (χ2v) is 8.00. The maximum atomic E-state index is 12.8. The standard InChI is InChI=1S/C22H31N3O3/c1-17(2)13-25(22(26)21-12-23-16-28-21)14-18-8-10-24(11-9-18)15-19-6-4-5-7-20(19)27-3/h4-7,12,16-18H,8-11,13-15H2,1-3H3. The summed E-state index contributed by atoms with van der Waals surface area (Å²) in [5.41, 5.74) is 1.23. The predicted octanol–water partition coefficient (Wildman–Crippen LogP) is 3.69. The zero-order chi connectivity index (χ0) is 19.9. The summed E-state index contributed by atoms with van der Waals surface area (Å²) in [5, 5.41) is 0. The summed E-state index contributed by atoms with van der Waals surface area (Å²) >= 11 is 0. The number of benzene rings is 1. The zero-order valence-corrected chi connectivity index (χ0v) is 17.1. The van der Waals surface area contributed by atoms with Gasteiger partial charge < -0.3 is 14.1 Å². The van der Waals surface area contributed by atoms with Crippen molar-refractivity contribution >= 4 is 5.91 Å². The second kappa shape index (κ2) is 9.73. The van der Waals surface area contributed by atoms with Crippen molar-refractivity contribution in [3.8, 4) is 5.75 Å². The molecule has 1 aromatic heterocycles. The number of piperidine rings is 1. The van der Waals surface area contributed by atoms with Crippen LogP contribution < -0.4 is 4.74 Å². The monoisotopic (exact) mass is 385 g/mol. The molecule has 1 aliphatic rings. The van der Waals surface area contributed by atoms with E-state index in [4.69, 9.17) is 9.15 Å². The number of para-hydroxylation sites is 1. The van der Waals surface area contributed by atoms with Gasteiger partial charge in [0.05, 0.1) is 13.3 Å². The number of likely N-dealkylation sites (tertiary alicyclic amines) is 1. The highest BCUT2D eigenvalue weighted by molar-refractivity contribution is 5.91. The van der Waals surface area contributed by atoms with E-state index in [0.717, 1.165) is 51.3 Å². The minimum absolute atomic E-state index is 0.0531. The average Bonchev–Trinajstić information content (AvgIpc) is 3.23. The molecule has 1 aliphatic heterocycles. The fourth-order valence-corrected chi connectivity index (χ4v) is 3.87. The van der Waals surface area contributed by atoms with Gasteiger partial charge in [-0.2, -0.15) is 0 Å². The van der Waals surface area contributed by atoms with E-state index in [0.29, 0.717) is 17.6 Å². The van der Waals surface area contributed by atoms with Gasteiger partial charge in [-0.25, -0.2) is 4.98 Å². The number of amides is 1. The SMILES string of the molecule is COc1ccccc1CN1CCC(CN(CC(C)C)C(=O)c2cnco2)CC1. The van der Waals surface area contributed by atoms with E-state index in [9.17, 15) is 4.79 Å². The third-order valence-electron chi connectivity index (χ3n) is 5.29. The second-order valence-electron chi connectivity index (χ2n) is 8.00. The topological polar surface area (TPSA) is 58.8 Å². The Morgan fingerprint density at radius 3 is 2.71 bits per heavy atom. The Kier molecular flexibility index (Phi) is 7.09. The van der Waals surface area contributed by atoms with Gasteiger partial charge in [0.1, 0.15) is 5.75 Å². The number of hydrogen-bond acceptors (Lipinski definition) is 5. The fourth-order valence-electron chi connectivity index (χ4n) is 3.87. The molecule has 3 rings (SSSR count). The van der Waals surface area contributed by atoms with Gasteiger partial charge in [0.25, 0.3) is 5.91 Å². The third-order valence-corrected chi connectivity index (χ3v) is 5.29. The van der Waals surface area contributed by atoms with Crippen molar-refractivity contribution in [3.05, 3.63) is 48.2 Å². The highest BCUT2D eigenvalue weighted by Crippen LogP contribution is 2.24. The first-order valence-corrected chi connectivity index (χ1v) is 10.1. The molecule has 152 valence electrons. The van der Waals surface area contributed by atoms with E-state index >= 15 is 0 Å². The predicted molar refractivity (Wildman–Crippen MR) is 108 cm³/mol. The molecule has 6 heteroatoms. The van der Waals surface area contributed by atoms with E-state index < -0.39 is 0 Å². The minimum atomic E-state index is -0.0531. The van der Waals surface area contributed by atoms with Crippen molar-refractivity contribution < 1.29 is 13.9 Å². The Labute approximate surface area is 167 Å². The first-order chi connectivity index (χ1) is 13.6. The van der Waals surface area contributed by atoms with Crippen LogP contribution in [0, 0.1) is 11.8 Å². The number of hydrogen-bond donors (Lipinski definition) is 0. The fraction of sp³-hybridized carbons (Fsp3) is 0.545. The lowest BCUT2D eigenvalue weighted by Gasteiger charge is -2.35. The molecule has 0 bridgehead atoms. The van der Waals surface area contributed by atoms with Crippen LogP contribution >= 0.6 is 0 Å². The van der Waals surface area contributed by atoms with Crippen molar-refractivity contribution in [2.45, 2.75) is 33.2 Å². The first kappa shape index (κ1) is 20.4. The molecule has 28 heavy (non-hydrogen) atoms. The Hall–Kier alpha value is -2.34. The highest BCUT2D eigenvalue weighted by Gasteiger charge is 2.26. The van der Waals surface area contributed by atoms with Crippen LogP contribution in [0.25, 0.3) is 0 Å². The molecular formula is C22H31N3O3. The minimum Gasteiger partial charge on any atom is -0.496 e. The average molecular weight is 386 g/mol. The Morgan fingerprint density at radius 1 is 1.32 bits per heavy atom. The van der Waals surface area contributed by atoms with Crippen molar-refractivity contribution in [3.63, 3.8) is 0 Å². The Bertz CT molecular complexity index is 737. The third kappa shape index (κ3) is 5.35. The molecule has 1 saturated heterocycles. The lowest BCUT2D eigenvalue weighted by Crippen LogP contribution is -2.42. The van der Waals surface area contributed by atoms with Crippen LogP contribution in [0.15, 0.2) is 41.3 Å². The molecule has 0 N–H and O–H groups in total. The van der Waals surface area contributed by atoms with Gasteiger partial charge in [0, 0.05) is 25.2 Å². The number of methoxy groups -OCH3 is 1. The zero-order valence-electron chi connectivity index (χ0n) is 17.1. The number of carbonyl (C=O) groups excluding carboxylic acids is 1. The van der Waals surface area contributed by atoms with E-state index in [1.54, 1.807) is 7.11 Å². The summed E-state index contributed by atoms with van der Waals surface area (Å²) < 4.78 is 10.7. The molecule has 0 saturated carbocycles. The summed E-state index contributed by atoms with van der Waals surface area (Å²) in [7, 11) is 1.72. The number of rotatable bonds is 8. The quantitative estimate of drug-likeness (QED) is 0.694. The maximum Gasteiger partial charge on any atom is 0.291 e. The van der Waals surface area contributed by atoms with Gasteiger partial charge in [0.2, 0.25) is 5.76 Å². The van der Waals surface area contributed by atoms with E-state index in [1.807, 2.05) is 17.0 Å². The molecule has 2 heterocycles. The molecule has 1 fully saturated rings. The number of carbonyl (C=O) groups is 1. The van der Waals surface area contributed by atoms with Crippen LogP contribution in [0.1, 0.15) is 42.8 Å². The molecule has 0 spiro atoms. The summed E-state index contributed by atoms with van der Waals surface area (Å²) in [6.07, 6.45) is 5.00. The summed E-state index contributed by atoms with van der Waals surface area (Å²) in [6, 6.07) is 8.21. The summed E-state index contributed by atoms with van der Waals surface area (Å²) in [5.74, 6) is 2.15. The van der Waals surface area contributed by atoms with Gasteiger partial charge in [0.15, 0.2) is 6.39 Å². The summed E-state index contributed by atoms with van der Waals surface area (Å²) in [4.78, 5) is 21.1. The van der Waals surface area contributed by atoms with Gasteiger partial charge in [-0.3, -0.25) is 9.69 Å². The van der Waals surface area contributed by atoms with Gasteiger partial charge >= 0.3 is 0 Å². The molecule has 0 unspecified atom stereocenters. The van der Waals surface area contributed by atoms with Crippen LogP contribution in [0.5, 0.6) is 5.75 Å². The molecule has 1 aromatic carbocycles. The molecule has 1 amide bonds. The molecular weight excluding hydrogens is 354 g/mol. The molecule has 6 nitrogen and oxygen atoms in total. The summed E-state index contributed by atoms with van der Waals surface area (Å²) in [6.45, 7) is 8.76. The highest BCUT2D eigenvalue weighted by atomic mass is 16.5.